The van der Waals surface area contributed by atoms with E-state index in [9.17, 15) is 19.1 Å². The van der Waals surface area contributed by atoms with Crippen LogP contribution in [0.5, 0.6) is 5.88 Å². The van der Waals surface area contributed by atoms with Crippen molar-refractivity contribution >= 4 is 28.8 Å². The average Bonchev–Trinajstić information content (AvgIpc) is 3.32. The van der Waals surface area contributed by atoms with Crippen molar-refractivity contribution in [3.8, 4) is 11.6 Å². The van der Waals surface area contributed by atoms with Gasteiger partial charge in [-0.3, -0.25) is 9.59 Å². The lowest BCUT2D eigenvalue weighted by Crippen LogP contribution is -2.39. The SMILES string of the molecule is CCCc1nn(-c2ccc(C)cc2C)c([O-])c1C1=C([n+]2cccc(C)c2)C(=O)N(c2ccc(F)cc2)C1=O. The van der Waals surface area contributed by atoms with Crippen molar-refractivity contribution in [2.45, 2.75) is 40.5 Å². The van der Waals surface area contributed by atoms with Crippen molar-refractivity contribution in [2.24, 2.45) is 0 Å². The molecule has 0 atom stereocenters. The number of hydrogen-bond donors (Lipinski definition) is 0. The molecular formula is C30H27FN4O3. The van der Waals surface area contributed by atoms with Crippen LogP contribution in [0.15, 0.2) is 67.0 Å². The third kappa shape index (κ3) is 4.18. The molecule has 1 aliphatic heterocycles. The summed E-state index contributed by atoms with van der Waals surface area (Å²) in [5.41, 5.74) is 4.20. The second-order valence-electron chi connectivity index (χ2n) is 9.51. The van der Waals surface area contributed by atoms with E-state index in [1.54, 1.807) is 23.0 Å². The van der Waals surface area contributed by atoms with Crippen LogP contribution in [0.4, 0.5) is 10.1 Å². The molecule has 0 unspecified atom stereocenters. The normalized spacial score (nSPS) is 13.7. The zero-order chi connectivity index (χ0) is 27.1. The van der Waals surface area contributed by atoms with Crippen molar-refractivity contribution in [1.82, 2.24) is 9.78 Å². The molecule has 2 aromatic carbocycles. The third-order valence-electron chi connectivity index (χ3n) is 6.58. The van der Waals surface area contributed by atoms with Gasteiger partial charge in [-0.2, -0.15) is 9.67 Å². The number of hydrogen-bond acceptors (Lipinski definition) is 4. The molecule has 1 aliphatic rings. The first-order valence-corrected chi connectivity index (χ1v) is 12.4. The molecule has 0 bridgehead atoms. The van der Waals surface area contributed by atoms with E-state index in [0.717, 1.165) is 21.6 Å². The first kappa shape index (κ1) is 25.1. The Labute approximate surface area is 220 Å². The van der Waals surface area contributed by atoms with E-state index in [1.807, 2.05) is 52.0 Å². The summed E-state index contributed by atoms with van der Waals surface area (Å²) >= 11 is 0. The van der Waals surface area contributed by atoms with Crippen molar-refractivity contribution in [3.05, 3.63) is 101 Å². The number of aryl methyl sites for hydroxylation is 4. The van der Waals surface area contributed by atoms with E-state index in [1.165, 1.54) is 28.9 Å². The Morgan fingerprint density at radius 3 is 2.37 bits per heavy atom. The summed E-state index contributed by atoms with van der Waals surface area (Å²) in [5, 5.41) is 18.6. The summed E-state index contributed by atoms with van der Waals surface area (Å²) in [6, 6.07) is 14.4. The van der Waals surface area contributed by atoms with Crippen LogP contribution in [0.2, 0.25) is 0 Å². The van der Waals surface area contributed by atoms with Gasteiger partial charge in [-0.1, -0.05) is 31.0 Å². The standard InChI is InChI=1S/C30H27FN4O3/c1-5-7-23-25(29(37)35(32-23)24-14-9-18(2)16-20(24)4)26-27(33-15-6-8-19(3)17-33)30(38)34(28(26)36)22-12-10-21(31)11-13-22/h6,8-17H,5,7H2,1-4H3. The van der Waals surface area contributed by atoms with Gasteiger partial charge in [0.25, 0.3) is 11.6 Å². The maximum absolute atomic E-state index is 14.0. The van der Waals surface area contributed by atoms with Gasteiger partial charge < -0.3 is 5.11 Å². The van der Waals surface area contributed by atoms with E-state index < -0.39 is 23.5 Å². The summed E-state index contributed by atoms with van der Waals surface area (Å²) in [7, 11) is 0. The van der Waals surface area contributed by atoms with Crippen LogP contribution in [0.3, 0.4) is 0 Å². The topological polar surface area (TPSA) is 82.1 Å². The number of carbonyl (C=O) groups is 2. The molecule has 38 heavy (non-hydrogen) atoms. The number of pyridine rings is 1. The number of imide groups is 1. The van der Waals surface area contributed by atoms with Gasteiger partial charge in [0.05, 0.1) is 17.1 Å². The molecule has 8 heteroatoms. The van der Waals surface area contributed by atoms with Crippen molar-refractivity contribution in [1.29, 1.82) is 0 Å². The molecule has 0 fully saturated rings. The molecular weight excluding hydrogens is 483 g/mol. The number of benzene rings is 2. The highest BCUT2D eigenvalue weighted by Gasteiger charge is 2.47. The van der Waals surface area contributed by atoms with Crippen molar-refractivity contribution < 1.29 is 23.7 Å². The third-order valence-corrected chi connectivity index (χ3v) is 6.58. The number of aromatic nitrogens is 3. The second kappa shape index (κ2) is 9.70. The van der Waals surface area contributed by atoms with E-state index in [0.29, 0.717) is 24.2 Å². The zero-order valence-electron chi connectivity index (χ0n) is 21.7. The first-order chi connectivity index (χ1) is 18.2. The van der Waals surface area contributed by atoms with E-state index >= 15 is 0 Å². The number of anilines is 1. The lowest BCUT2D eigenvalue weighted by atomic mass is 10.0. The van der Waals surface area contributed by atoms with Crippen LogP contribution in [-0.4, -0.2) is 21.6 Å². The summed E-state index contributed by atoms with van der Waals surface area (Å²) in [5.74, 6) is -2.21. The van der Waals surface area contributed by atoms with Gasteiger partial charge >= 0.3 is 5.91 Å². The summed E-state index contributed by atoms with van der Waals surface area (Å²) in [4.78, 5) is 28.8. The number of rotatable bonds is 6. The van der Waals surface area contributed by atoms with Gasteiger partial charge in [0.1, 0.15) is 11.4 Å². The Balaban J connectivity index is 1.79. The monoisotopic (exact) mass is 510 g/mol. The first-order valence-electron chi connectivity index (χ1n) is 12.4. The largest absolute Gasteiger partial charge is 0.858 e. The van der Waals surface area contributed by atoms with Gasteiger partial charge in [0.2, 0.25) is 0 Å². The summed E-state index contributed by atoms with van der Waals surface area (Å²) in [6.07, 6.45) is 4.52. The predicted molar refractivity (Wildman–Crippen MR) is 140 cm³/mol. The molecule has 0 aliphatic carbocycles. The molecule has 4 aromatic rings. The summed E-state index contributed by atoms with van der Waals surface area (Å²) < 4.78 is 16.5. The lowest BCUT2D eigenvalue weighted by molar-refractivity contribution is -0.577. The predicted octanol–water partition coefficient (Wildman–Crippen LogP) is 4.19. The van der Waals surface area contributed by atoms with E-state index in [4.69, 9.17) is 0 Å². The Morgan fingerprint density at radius 2 is 1.71 bits per heavy atom. The van der Waals surface area contributed by atoms with Gasteiger partial charge in [0, 0.05) is 17.2 Å². The average molecular weight is 511 g/mol. The molecule has 0 N–H and O–H groups in total. The van der Waals surface area contributed by atoms with Crippen molar-refractivity contribution in [3.63, 3.8) is 0 Å². The van der Waals surface area contributed by atoms with Gasteiger partial charge in [0.15, 0.2) is 12.4 Å². The maximum atomic E-state index is 14.0. The van der Waals surface area contributed by atoms with Crippen LogP contribution in [-0.2, 0) is 16.0 Å². The molecule has 0 saturated carbocycles. The molecule has 0 spiro atoms. The van der Waals surface area contributed by atoms with Gasteiger partial charge in [-0.05, 0) is 75.0 Å². The lowest BCUT2D eigenvalue weighted by Gasteiger charge is -2.16. The van der Waals surface area contributed by atoms with Gasteiger partial charge in [-0.25, -0.2) is 14.0 Å². The quantitative estimate of drug-likeness (QED) is 0.288. The van der Waals surface area contributed by atoms with Crippen LogP contribution in [0.25, 0.3) is 17.0 Å². The van der Waals surface area contributed by atoms with Crippen LogP contribution in [0, 0.1) is 26.6 Å². The fourth-order valence-electron chi connectivity index (χ4n) is 4.85. The molecule has 5 rings (SSSR count). The molecule has 7 nitrogen and oxygen atoms in total. The molecule has 3 heterocycles. The molecule has 2 aromatic heterocycles. The minimum atomic E-state index is -0.653. The fourth-order valence-corrected chi connectivity index (χ4v) is 4.85. The minimum Gasteiger partial charge on any atom is -0.858 e. The van der Waals surface area contributed by atoms with Crippen LogP contribution < -0.4 is 14.6 Å². The fraction of sp³-hybridized carbons (Fsp3) is 0.200. The zero-order valence-corrected chi connectivity index (χ0v) is 21.7. The highest BCUT2D eigenvalue weighted by atomic mass is 19.1. The van der Waals surface area contributed by atoms with Crippen LogP contribution >= 0.6 is 0 Å². The Hall–Kier alpha value is -4.59. The molecule has 192 valence electrons. The smallest absolute Gasteiger partial charge is 0.331 e. The number of halogens is 1. The van der Waals surface area contributed by atoms with E-state index in [2.05, 4.69) is 5.10 Å². The Kier molecular flexibility index (Phi) is 6.40. The minimum absolute atomic E-state index is 0.0145. The molecule has 0 radical (unpaired) electrons. The Morgan fingerprint density at radius 1 is 0.974 bits per heavy atom. The maximum Gasteiger partial charge on any atom is 0.331 e. The van der Waals surface area contributed by atoms with E-state index in [-0.39, 0.29) is 22.5 Å². The molecule has 0 saturated heterocycles. The highest BCUT2D eigenvalue weighted by molar-refractivity contribution is 6.53. The highest BCUT2D eigenvalue weighted by Crippen LogP contribution is 2.39. The summed E-state index contributed by atoms with van der Waals surface area (Å²) in [6.45, 7) is 7.70. The van der Waals surface area contributed by atoms with Crippen molar-refractivity contribution in [2.75, 3.05) is 4.90 Å². The molecule has 2 amide bonds. The number of carbonyl (C=O) groups excluding carboxylic acids is 2. The number of nitrogens with zero attached hydrogens (tertiary/aromatic N) is 4. The second-order valence-corrected chi connectivity index (χ2v) is 9.51. The number of amides is 2. The van der Waals surface area contributed by atoms with Crippen LogP contribution in [0.1, 0.15) is 41.3 Å². The Bertz CT molecular complexity index is 1620. The van der Waals surface area contributed by atoms with Gasteiger partial charge in [-0.15, -0.1) is 0 Å².